The molecule has 0 aliphatic carbocycles. The number of fused-ring (bicyclic) bond motifs is 1. The number of anilines is 1. The van der Waals surface area contributed by atoms with E-state index in [1.807, 2.05) is 18.2 Å². The average molecular weight is 367 g/mol. The van der Waals surface area contributed by atoms with Crippen LogP contribution in [0.15, 0.2) is 42.5 Å². The molecule has 0 bridgehead atoms. The Hall–Kier alpha value is -2.69. The molecule has 2 heterocycles. The number of nitrogens with zero attached hydrogens (tertiary/aromatic N) is 1. The van der Waals surface area contributed by atoms with E-state index < -0.39 is 5.97 Å². The van der Waals surface area contributed by atoms with E-state index in [0.717, 1.165) is 35.7 Å². The number of hydrogen-bond acceptors (Lipinski definition) is 4. The topological polar surface area (TPSA) is 59.0 Å². The van der Waals surface area contributed by atoms with Gasteiger partial charge in [-0.25, -0.2) is 0 Å². The van der Waals surface area contributed by atoms with Gasteiger partial charge >= 0.3 is 5.97 Å². The maximum atomic E-state index is 10.9. The first-order chi connectivity index (χ1) is 13.2. The van der Waals surface area contributed by atoms with Gasteiger partial charge in [-0.15, -0.1) is 0 Å². The Kier molecular flexibility index (Phi) is 5.19. The lowest BCUT2D eigenvalue weighted by Crippen LogP contribution is -2.29. The zero-order valence-corrected chi connectivity index (χ0v) is 15.4. The highest BCUT2D eigenvalue weighted by atomic mass is 16.5. The second-order valence-corrected chi connectivity index (χ2v) is 7.31. The molecule has 2 aromatic carbocycles. The van der Waals surface area contributed by atoms with Gasteiger partial charge in [0.25, 0.3) is 0 Å². The molecule has 4 rings (SSSR count). The molecule has 0 saturated carbocycles. The summed E-state index contributed by atoms with van der Waals surface area (Å²) in [5, 5.41) is 9.00. The quantitative estimate of drug-likeness (QED) is 0.829. The first kappa shape index (κ1) is 17.7. The highest BCUT2D eigenvalue weighted by Crippen LogP contribution is 2.38. The van der Waals surface area contributed by atoms with E-state index in [2.05, 4.69) is 29.2 Å². The van der Waals surface area contributed by atoms with Crippen molar-refractivity contribution in [3.63, 3.8) is 0 Å². The first-order valence-corrected chi connectivity index (χ1v) is 9.64. The van der Waals surface area contributed by atoms with Crippen LogP contribution in [0.25, 0.3) is 0 Å². The molecule has 1 saturated heterocycles. The SMILES string of the molecule is O=C(O)CC1COc2cc(OCc3cccc(N4CCCCC4)c3)ccc21. The molecule has 0 radical (unpaired) electrons. The molecular weight excluding hydrogens is 342 g/mol. The van der Waals surface area contributed by atoms with Crippen LogP contribution in [0.3, 0.4) is 0 Å². The van der Waals surface area contributed by atoms with Gasteiger partial charge in [0.15, 0.2) is 0 Å². The number of carboxylic acids is 1. The fourth-order valence-corrected chi connectivity index (χ4v) is 3.89. The van der Waals surface area contributed by atoms with Crippen LogP contribution < -0.4 is 14.4 Å². The molecule has 2 aliphatic heterocycles. The van der Waals surface area contributed by atoms with Gasteiger partial charge in [0.2, 0.25) is 0 Å². The Balaban J connectivity index is 1.40. The van der Waals surface area contributed by atoms with Crippen LogP contribution >= 0.6 is 0 Å². The molecule has 1 atom stereocenters. The summed E-state index contributed by atoms with van der Waals surface area (Å²) in [7, 11) is 0. The van der Waals surface area contributed by atoms with Gasteiger partial charge in [0.05, 0.1) is 13.0 Å². The number of hydrogen-bond donors (Lipinski definition) is 1. The Morgan fingerprint density at radius 2 is 2.00 bits per heavy atom. The third kappa shape index (κ3) is 4.18. The lowest BCUT2D eigenvalue weighted by molar-refractivity contribution is -0.137. The summed E-state index contributed by atoms with van der Waals surface area (Å²) in [6, 6.07) is 14.2. The fourth-order valence-electron chi connectivity index (χ4n) is 3.89. The van der Waals surface area contributed by atoms with Gasteiger partial charge in [-0.1, -0.05) is 18.2 Å². The molecule has 1 N–H and O–H groups in total. The average Bonchev–Trinajstić information content (AvgIpc) is 3.09. The number of ether oxygens (including phenoxy) is 2. The number of carbonyl (C=O) groups is 1. The molecule has 27 heavy (non-hydrogen) atoms. The van der Waals surface area contributed by atoms with Crippen molar-refractivity contribution in [3.8, 4) is 11.5 Å². The molecule has 2 aromatic rings. The predicted octanol–water partition coefficient (Wildman–Crippen LogP) is 4.21. The standard InChI is InChI=1S/C22H25NO4/c24-22(25)12-17-15-27-21-13-19(7-8-20(17)21)26-14-16-5-4-6-18(11-16)23-9-2-1-3-10-23/h4-8,11,13,17H,1-3,9-10,12,14-15H2,(H,24,25). The highest BCUT2D eigenvalue weighted by Gasteiger charge is 2.26. The molecule has 0 amide bonds. The monoisotopic (exact) mass is 367 g/mol. The normalized spacial score (nSPS) is 18.7. The number of carboxylic acid groups (broad SMARTS) is 1. The van der Waals surface area contributed by atoms with Crippen LogP contribution in [0.5, 0.6) is 11.5 Å². The van der Waals surface area contributed by atoms with Crippen molar-refractivity contribution in [2.45, 2.75) is 38.2 Å². The summed E-state index contributed by atoms with van der Waals surface area (Å²) in [4.78, 5) is 13.4. The van der Waals surface area contributed by atoms with Crippen LogP contribution in [0.1, 0.15) is 42.7 Å². The summed E-state index contributed by atoms with van der Waals surface area (Å²) in [5.41, 5.74) is 3.37. The van der Waals surface area contributed by atoms with Gasteiger partial charge < -0.3 is 19.5 Å². The molecule has 1 fully saturated rings. The predicted molar refractivity (Wildman–Crippen MR) is 104 cm³/mol. The third-order valence-electron chi connectivity index (χ3n) is 5.32. The van der Waals surface area contributed by atoms with Crippen LogP contribution in [-0.2, 0) is 11.4 Å². The van der Waals surface area contributed by atoms with Crippen molar-refractivity contribution in [1.29, 1.82) is 0 Å². The molecule has 5 nitrogen and oxygen atoms in total. The maximum Gasteiger partial charge on any atom is 0.304 e. The molecule has 142 valence electrons. The van der Waals surface area contributed by atoms with Crippen molar-refractivity contribution in [3.05, 3.63) is 53.6 Å². The van der Waals surface area contributed by atoms with E-state index in [1.165, 1.54) is 24.9 Å². The van der Waals surface area contributed by atoms with Crippen molar-refractivity contribution in [2.24, 2.45) is 0 Å². The van der Waals surface area contributed by atoms with Crippen molar-refractivity contribution < 1.29 is 19.4 Å². The Bertz CT molecular complexity index is 814. The maximum absolute atomic E-state index is 10.9. The van der Waals surface area contributed by atoms with E-state index in [9.17, 15) is 4.79 Å². The molecule has 0 aromatic heterocycles. The summed E-state index contributed by atoms with van der Waals surface area (Å²) in [6.07, 6.45) is 3.95. The van der Waals surface area contributed by atoms with Crippen molar-refractivity contribution in [2.75, 3.05) is 24.6 Å². The van der Waals surface area contributed by atoms with Crippen molar-refractivity contribution >= 4 is 11.7 Å². The van der Waals surface area contributed by atoms with Crippen LogP contribution in [0.2, 0.25) is 0 Å². The minimum Gasteiger partial charge on any atom is -0.492 e. The van der Waals surface area contributed by atoms with E-state index in [1.54, 1.807) is 0 Å². The van der Waals surface area contributed by atoms with Gasteiger partial charge in [0, 0.05) is 36.3 Å². The second-order valence-electron chi connectivity index (χ2n) is 7.31. The molecule has 5 heteroatoms. The first-order valence-electron chi connectivity index (χ1n) is 9.64. The largest absolute Gasteiger partial charge is 0.492 e. The number of aliphatic carboxylic acids is 1. The fraction of sp³-hybridized carbons (Fsp3) is 0.409. The van der Waals surface area contributed by atoms with Gasteiger partial charge in [-0.3, -0.25) is 4.79 Å². The number of piperidine rings is 1. The number of benzene rings is 2. The Morgan fingerprint density at radius 1 is 1.15 bits per heavy atom. The van der Waals surface area contributed by atoms with Gasteiger partial charge in [-0.2, -0.15) is 0 Å². The molecule has 0 spiro atoms. The molecule has 2 aliphatic rings. The third-order valence-corrected chi connectivity index (χ3v) is 5.32. The Labute approximate surface area is 159 Å². The molecular formula is C22H25NO4. The molecule has 1 unspecified atom stereocenters. The zero-order valence-electron chi connectivity index (χ0n) is 15.4. The minimum absolute atomic E-state index is 0.0761. The highest BCUT2D eigenvalue weighted by molar-refractivity contribution is 5.68. The second kappa shape index (κ2) is 7.91. The zero-order chi connectivity index (χ0) is 18.6. The van der Waals surface area contributed by atoms with E-state index in [-0.39, 0.29) is 12.3 Å². The Morgan fingerprint density at radius 3 is 2.81 bits per heavy atom. The van der Waals surface area contributed by atoms with Crippen LogP contribution in [0, 0.1) is 0 Å². The minimum atomic E-state index is -0.801. The summed E-state index contributed by atoms with van der Waals surface area (Å²) in [6.45, 7) is 3.18. The smallest absolute Gasteiger partial charge is 0.304 e. The number of rotatable bonds is 6. The summed E-state index contributed by atoms with van der Waals surface area (Å²) < 4.78 is 11.6. The van der Waals surface area contributed by atoms with Crippen LogP contribution in [0.4, 0.5) is 5.69 Å². The van der Waals surface area contributed by atoms with Crippen LogP contribution in [-0.4, -0.2) is 30.8 Å². The van der Waals surface area contributed by atoms with Gasteiger partial charge in [0.1, 0.15) is 18.1 Å². The van der Waals surface area contributed by atoms with Crippen molar-refractivity contribution in [1.82, 2.24) is 0 Å². The summed E-state index contributed by atoms with van der Waals surface area (Å²) in [5.74, 6) is 0.604. The lowest BCUT2D eigenvalue weighted by atomic mass is 9.98. The van der Waals surface area contributed by atoms with E-state index in [0.29, 0.717) is 13.2 Å². The van der Waals surface area contributed by atoms with E-state index in [4.69, 9.17) is 14.6 Å². The van der Waals surface area contributed by atoms with E-state index >= 15 is 0 Å². The van der Waals surface area contributed by atoms with Gasteiger partial charge in [-0.05, 0) is 43.0 Å². The summed E-state index contributed by atoms with van der Waals surface area (Å²) >= 11 is 0. The lowest BCUT2D eigenvalue weighted by Gasteiger charge is -2.29.